The molecule has 3 aromatic rings. The molecule has 1 aromatic heterocycles. The van der Waals surface area contributed by atoms with Crippen LogP contribution in [0.5, 0.6) is 0 Å². The number of furan rings is 1. The van der Waals surface area contributed by atoms with Gasteiger partial charge >= 0.3 is 0 Å². The number of hydrogen-bond acceptors (Lipinski definition) is 4. The summed E-state index contributed by atoms with van der Waals surface area (Å²) < 4.78 is 6.69. The smallest absolute Gasteiger partial charge is 0.290 e. The highest BCUT2D eigenvalue weighted by molar-refractivity contribution is 9.10. The molecule has 1 N–H and O–H groups in total. The molecule has 1 aliphatic carbocycles. The van der Waals surface area contributed by atoms with Gasteiger partial charge in [-0.2, -0.15) is 0 Å². The third kappa shape index (κ3) is 3.30. The van der Waals surface area contributed by atoms with E-state index in [0.29, 0.717) is 5.58 Å². The first kappa shape index (κ1) is 20.1. The monoisotopic (exact) mass is 479 g/mol. The number of nitrogens with zero attached hydrogens (tertiary/aromatic N) is 1. The summed E-state index contributed by atoms with van der Waals surface area (Å²) in [5.41, 5.74) is 2.51. The molecule has 5 rings (SSSR count). The van der Waals surface area contributed by atoms with Crippen molar-refractivity contribution >= 4 is 38.6 Å². The highest BCUT2D eigenvalue weighted by Crippen LogP contribution is 2.44. The molecule has 158 valence electrons. The molecular formula is C25H22BrNO4. The fourth-order valence-corrected chi connectivity index (χ4v) is 5.25. The first-order valence-corrected chi connectivity index (χ1v) is 11.3. The average molecular weight is 480 g/mol. The summed E-state index contributed by atoms with van der Waals surface area (Å²) in [6, 6.07) is 14.3. The van der Waals surface area contributed by atoms with E-state index < -0.39 is 23.5 Å². The third-order valence-corrected chi connectivity index (χ3v) is 6.88. The van der Waals surface area contributed by atoms with Crippen LogP contribution in [0, 0.1) is 6.92 Å². The second-order valence-electron chi connectivity index (χ2n) is 8.29. The van der Waals surface area contributed by atoms with Crippen LogP contribution in [0.25, 0.3) is 11.0 Å². The second-order valence-corrected chi connectivity index (χ2v) is 9.21. The van der Waals surface area contributed by atoms with Crippen LogP contribution >= 0.6 is 15.9 Å². The van der Waals surface area contributed by atoms with E-state index in [9.17, 15) is 14.7 Å². The van der Waals surface area contributed by atoms with Crippen molar-refractivity contribution in [2.24, 2.45) is 0 Å². The normalized spacial score (nSPS) is 19.7. The van der Waals surface area contributed by atoms with Crippen molar-refractivity contribution in [1.82, 2.24) is 4.90 Å². The Labute approximate surface area is 188 Å². The lowest BCUT2D eigenvalue weighted by Crippen LogP contribution is -2.39. The topological polar surface area (TPSA) is 70.7 Å². The molecule has 0 radical (unpaired) electrons. The van der Waals surface area contributed by atoms with Gasteiger partial charge in [0.2, 0.25) is 5.78 Å². The van der Waals surface area contributed by atoms with E-state index in [1.165, 1.54) is 0 Å². The first-order valence-electron chi connectivity index (χ1n) is 10.5. The number of benzene rings is 2. The number of carbonyl (C=O) groups excluding carboxylic acids is 2. The molecule has 6 heteroatoms. The Kier molecular flexibility index (Phi) is 4.97. The number of fused-ring (bicyclic) bond motifs is 1. The third-order valence-electron chi connectivity index (χ3n) is 6.39. The number of aryl methyl sites for hydroxylation is 1. The number of aliphatic hydroxyl groups excluding tert-OH is 1. The van der Waals surface area contributed by atoms with Gasteiger partial charge in [-0.05, 0) is 55.2 Å². The zero-order chi connectivity index (χ0) is 21.7. The second kappa shape index (κ2) is 7.68. The zero-order valence-corrected chi connectivity index (χ0v) is 18.7. The zero-order valence-electron chi connectivity index (χ0n) is 17.1. The predicted octanol–water partition coefficient (Wildman–Crippen LogP) is 6.02. The van der Waals surface area contributed by atoms with E-state index in [1.807, 2.05) is 43.3 Å². The van der Waals surface area contributed by atoms with Crippen LogP contribution in [0.1, 0.15) is 53.4 Å². The fraction of sp³-hybridized carbons (Fsp3) is 0.280. The molecule has 1 unspecified atom stereocenters. The van der Waals surface area contributed by atoms with Crippen molar-refractivity contribution in [1.29, 1.82) is 0 Å². The van der Waals surface area contributed by atoms with Gasteiger partial charge in [-0.1, -0.05) is 53.0 Å². The van der Waals surface area contributed by atoms with Gasteiger partial charge in [0, 0.05) is 15.9 Å². The van der Waals surface area contributed by atoms with Crippen LogP contribution in [0.15, 0.2) is 68.8 Å². The molecule has 5 nitrogen and oxygen atoms in total. The predicted molar refractivity (Wildman–Crippen MR) is 121 cm³/mol. The minimum absolute atomic E-state index is 0.0104. The maximum absolute atomic E-state index is 13.6. The summed E-state index contributed by atoms with van der Waals surface area (Å²) in [5, 5.41) is 11.7. The molecule has 0 spiro atoms. The lowest BCUT2D eigenvalue weighted by atomic mass is 9.91. The Morgan fingerprint density at radius 2 is 1.87 bits per heavy atom. The Morgan fingerprint density at radius 3 is 2.61 bits per heavy atom. The molecule has 31 heavy (non-hydrogen) atoms. The van der Waals surface area contributed by atoms with Gasteiger partial charge < -0.3 is 14.4 Å². The summed E-state index contributed by atoms with van der Waals surface area (Å²) >= 11 is 3.43. The van der Waals surface area contributed by atoms with Gasteiger partial charge in [-0.15, -0.1) is 0 Å². The minimum Gasteiger partial charge on any atom is -0.503 e. The number of aliphatic hydroxyl groups is 1. The number of halogens is 1. The molecule has 2 aliphatic rings. The Balaban J connectivity index is 1.64. The van der Waals surface area contributed by atoms with Gasteiger partial charge in [-0.25, -0.2) is 0 Å². The molecule has 0 bridgehead atoms. The summed E-state index contributed by atoms with van der Waals surface area (Å²) in [6.07, 6.45) is 3.83. The average Bonchev–Trinajstić information content (AvgIpc) is 3.47. The highest BCUT2D eigenvalue weighted by Gasteiger charge is 2.48. The minimum atomic E-state index is -0.621. The molecule has 2 aromatic carbocycles. The van der Waals surface area contributed by atoms with Crippen molar-refractivity contribution in [3.05, 3.63) is 81.2 Å². The summed E-state index contributed by atoms with van der Waals surface area (Å²) in [6.45, 7) is 1.96. The number of amides is 1. The summed E-state index contributed by atoms with van der Waals surface area (Å²) in [7, 11) is 0. The first-order chi connectivity index (χ1) is 15.0. The van der Waals surface area contributed by atoms with Crippen molar-refractivity contribution in [2.45, 2.75) is 44.7 Å². The Morgan fingerprint density at radius 1 is 1.13 bits per heavy atom. The standard InChI is InChI=1S/C25H22BrNO4/c1-14-6-2-5-9-18(14)22-21(24(29)25(30)27(22)17-7-3-4-8-17)23(28)20-13-15-12-16(26)10-11-19(15)31-20/h2,5-6,9-13,17,22,29H,3-4,7-8H2,1H3. The summed E-state index contributed by atoms with van der Waals surface area (Å²) in [4.78, 5) is 28.5. The van der Waals surface area contributed by atoms with Crippen LogP contribution in [0.4, 0.5) is 0 Å². The van der Waals surface area contributed by atoms with Crippen LogP contribution in [0.2, 0.25) is 0 Å². The van der Waals surface area contributed by atoms with Crippen LogP contribution in [0.3, 0.4) is 0 Å². The Hall–Kier alpha value is -2.86. The van der Waals surface area contributed by atoms with E-state index in [0.717, 1.165) is 46.7 Å². The quantitative estimate of drug-likeness (QED) is 0.464. The van der Waals surface area contributed by atoms with E-state index in [1.54, 1.807) is 17.0 Å². The van der Waals surface area contributed by atoms with E-state index in [2.05, 4.69) is 15.9 Å². The van der Waals surface area contributed by atoms with Crippen molar-refractivity contribution in [2.75, 3.05) is 0 Å². The Bertz CT molecular complexity index is 1240. The number of ketones is 1. The van der Waals surface area contributed by atoms with E-state index in [4.69, 9.17) is 4.42 Å². The number of Topliss-reactive ketones (excluding diaryl/α,β-unsaturated/α-hetero) is 1. The molecule has 1 aliphatic heterocycles. The largest absolute Gasteiger partial charge is 0.503 e. The lowest BCUT2D eigenvalue weighted by molar-refractivity contribution is -0.131. The molecule has 0 saturated heterocycles. The van der Waals surface area contributed by atoms with Gasteiger partial charge in [0.05, 0.1) is 11.6 Å². The van der Waals surface area contributed by atoms with Crippen LogP contribution in [-0.4, -0.2) is 27.7 Å². The van der Waals surface area contributed by atoms with E-state index in [-0.39, 0.29) is 17.4 Å². The number of hydrogen-bond donors (Lipinski definition) is 1. The maximum Gasteiger partial charge on any atom is 0.290 e. The van der Waals surface area contributed by atoms with Crippen molar-refractivity contribution in [3.63, 3.8) is 0 Å². The molecule has 2 heterocycles. The van der Waals surface area contributed by atoms with E-state index >= 15 is 0 Å². The van der Waals surface area contributed by atoms with Crippen LogP contribution < -0.4 is 0 Å². The van der Waals surface area contributed by atoms with Crippen molar-refractivity contribution in [3.8, 4) is 0 Å². The number of rotatable bonds is 4. The SMILES string of the molecule is Cc1ccccc1C1C(C(=O)c2cc3cc(Br)ccc3o2)=C(O)C(=O)N1C1CCCC1. The molecule has 1 saturated carbocycles. The van der Waals surface area contributed by atoms with Gasteiger partial charge in [0.15, 0.2) is 11.5 Å². The van der Waals surface area contributed by atoms with Crippen molar-refractivity contribution < 1.29 is 19.1 Å². The molecule has 1 fully saturated rings. The molecule has 1 amide bonds. The summed E-state index contributed by atoms with van der Waals surface area (Å²) in [5.74, 6) is -1.27. The lowest BCUT2D eigenvalue weighted by Gasteiger charge is -2.32. The number of carbonyl (C=O) groups is 2. The van der Waals surface area contributed by atoms with Crippen LogP contribution in [-0.2, 0) is 4.79 Å². The van der Waals surface area contributed by atoms with Gasteiger partial charge in [-0.3, -0.25) is 9.59 Å². The highest BCUT2D eigenvalue weighted by atomic mass is 79.9. The molecular weight excluding hydrogens is 458 g/mol. The fourth-order valence-electron chi connectivity index (χ4n) is 4.87. The van der Waals surface area contributed by atoms with Gasteiger partial charge in [0.25, 0.3) is 5.91 Å². The van der Waals surface area contributed by atoms with Gasteiger partial charge in [0.1, 0.15) is 5.58 Å². The molecule has 1 atom stereocenters. The maximum atomic E-state index is 13.6.